The van der Waals surface area contributed by atoms with Gasteiger partial charge in [0.05, 0.1) is 24.1 Å². The normalized spacial score (nSPS) is 16.9. The molecule has 12 heteroatoms. The first-order valence-electron chi connectivity index (χ1n) is 20.4. The zero-order chi connectivity index (χ0) is 40.7. The fourth-order valence-corrected chi connectivity index (χ4v) is 8.45. The molecular weight excluding hydrogens is 723 g/mol. The number of aromatic hydroxyl groups is 1. The third-order valence-corrected chi connectivity index (χ3v) is 11.6. The maximum absolute atomic E-state index is 14.0. The highest BCUT2D eigenvalue weighted by molar-refractivity contribution is 5.95. The number of carbonyl (C=O) groups excluding carboxylic acids is 3. The number of ether oxygens (including phenoxy) is 3. The minimum absolute atomic E-state index is 0.0690. The van der Waals surface area contributed by atoms with Gasteiger partial charge in [-0.1, -0.05) is 32.9 Å². The number of nitrogens with zero attached hydrogens (tertiary/aromatic N) is 3. The number of nitrogens with one attached hydrogen (secondary N) is 2. The Morgan fingerprint density at radius 3 is 2.60 bits per heavy atom. The van der Waals surface area contributed by atoms with E-state index in [2.05, 4.69) is 60.3 Å². The van der Waals surface area contributed by atoms with Crippen LogP contribution < -0.4 is 10.7 Å². The van der Waals surface area contributed by atoms with Crippen molar-refractivity contribution in [2.24, 2.45) is 17.3 Å². The van der Waals surface area contributed by atoms with Gasteiger partial charge >= 0.3 is 0 Å². The summed E-state index contributed by atoms with van der Waals surface area (Å²) in [6.45, 7) is 14.2. The van der Waals surface area contributed by atoms with E-state index in [0.717, 1.165) is 75.8 Å². The third-order valence-electron chi connectivity index (χ3n) is 11.6. The number of aromatic nitrogens is 2. The highest BCUT2D eigenvalue weighted by Gasteiger charge is 2.33. The van der Waals surface area contributed by atoms with E-state index in [0.29, 0.717) is 45.7 Å². The number of benzene rings is 2. The molecule has 4 aromatic rings. The SMILES string of the molecule is CCn1c(-c2cccnc2C(C)OC)c(CC(C)(C)COC=O)c2cc(-c3cc(O)cc(CC(NC(=O)C(C)C4CCOCC4)C(=O)N4CCCCN4)c3)ccc21. The van der Waals surface area contributed by atoms with Gasteiger partial charge in [0, 0.05) is 80.4 Å². The van der Waals surface area contributed by atoms with Crippen LogP contribution in [0, 0.1) is 17.3 Å². The summed E-state index contributed by atoms with van der Waals surface area (Å²) in [5, 5.41) is 16.9. The average molecular weight is 782 g/mol. The van der Waals surface area contributed by atoms with Crippen LogP contribution in [0.4, 0.5) is 0 Å². The summed E-state index contributed by atoms with van der Waals surface area (Å²) in [4.78, 5) is 43.8. The van der Waals surface area contributed by atoms with E-state index in [4.69, 9.17) is 19.2 Å². The molecule has 6 rings (SSSR count). The fourth-order valence-electron chi connectivity index (χ4n) is 8.45. The molecule has 2 amide bonds. The molecule has 2 aromatic heterocycles. The second kappa shape index (κ2) is 18.7. The van der Waals surface area contributed by atoms with Crippen LogP contribution in [-0.4, -0.2) is 84.0 Å². The van der Waals surface area contributed by atoms with Crippen molar-refractivity contribution >= 4 is 29.2 Å². The Labute approximate surface area is 336 Å². The maximum atomic E-state index is 14.0. The number of hydrogen-bond acceptors (Lipinski definition) is 9. The highest BCUT2D eigenvalue weighted by Crippen LogP contribution is 2.42. The second-order valence-corrected chi connectivity index (χ2v) is 16.4. The highest BCUT2D eigenvalue weighted by atomic mass is 16.5. The lowest BCUT2D eigenvalue weighted by Crippen LogP contribution is -2.56. The number of hydrazine groups is 1. The molecule has 12 nitrogen and oxygen atoms in total. The van der Waals surface area contributed by atoms with Gasteiger partial charge in [0.15, 0.2) is 0 Å². The predicted octanol–water partition coefficient (Wildman–Crippen LogP) is 6.76. The Kier molecular flexibility index (Phi) is 13.7. The molecule has 0 saturated carbocycles. The van der Waals surface area contributed by atoms with Crippen LogP contribution in [0.15, 0.2) is 54.7 Å². The van der Waals surface area contributed by atoms with Gasteiger partial charge < -0.3 is 29.2 Å². The van der Waals surface area contributed by atoms with E-state index >= 15 is 0 Å². The van der Waals surface area contributed by atoms with E-state index in [1.54, 1.807) is 30.4 Å². The molecule has 2 fully saturated rings. The average Bonchev–Trinajstić information content (AvgIpc) is 3.53. The summed E-state index contributed by atoms with van der Waals surface area (Å²) < 4.78 is 18.9. The molecule has 3 N–H and O–H groups in total. The molecular formula is C45H59N5O7. The van der Waals surface area contributed by atoms with Gasteiger partial charge in [0.25, 0.3) is 12.4 Å². The van der Waals surface area contributed by atoms with Gasteiger partial charge in [-0.3, -0.25) is 24.4 Å². The van der Waals surface area contributed by atoms with Gasteiger partial charge in [-0.05, 0) is 111 Å². The number of phenols is 1. The van der Waals surface area contributed by atoms with Gasteiger partial charge in [0.2, 0.25) is 5.91 Å². The van der Waals surface area contributed by atoms with Crippen molar-refractivity contribution in [2.75, 3.05) is 40.0 Å². The van der Waals surface area contributed by atoms with Crippen molar-refractivity contribution in [3.63, 3.8) is 0 Å². The number of aryl methyl sites for hydroxylation is 1. The van der Waals surface area contributed by atoms with Crippen molar-refractivity contribution < 1.29 is 33.7 Å². The molecule has 2 aliphatic heterocycles. The Bertz CT molecular complexity index is 2030. The zero-order valence-electron chi connectivity index (χ0n) is 34.3. The van der Waals surface area contributed by atoms with Crippen molar-refractivity contribution in [2.45, 2.75) is 91.8 Å². The standard InChI is InChI=1S/C45H59N5O7/c1-7-49-40-13-12-33(25-37(40)38(26-45(4,5)27-57-28-51)42(49)36-11-10-16-46-41(36)30(3)55-6)34-21-31(22-35(52)24-34)23-39(44(54)50-18-9-8-17-47-50)48-43(53)29(2)32-14-19-56-20-15-32/h10-13,16,21-22,24-25,28-30,32,39,47,52H,7-9,14-15,17-20,23,26-27H2,1-6H3,(H,48,53). The van der Waals surface area contributed by atoms with Crippen LogP contribution in [0.25, 0.3) is 33.3 Å². The van der Waals surface area contributed by atoms with E-state index in [9.17, 15) is 19.5 Å². The molecule has 2 aromatic carbocycles. The van der Waals surface area contributed by atoms with E-state index in [-0.39, 0.29) is 48.5 Å². The van der Waals surface area contributed by atoms with Crippen LogP contribution in [0.1, 0.15) is 83.2 Å². The van der Waals surface area contributed by atoms with E-state index in [1.165, 1.54) is 0 Å². The molecule has 306 valence electrons. The summed E-state index contributed by atoms with van der Waals surface area (Å²) in [5.74, 6) is -0.348. The van der Waals surface area contributed by atoms with Crippen molar-refractivity contribution in [3.05, 3.63) is 71.5 Å². The summed E-state index contributed by atoms with van der Waals surface area (Å²) in [6.07, 6.45) is 5.83. The minimum Gasteiger partial charge on any atom is -0.508 e. The smallest absolute Gasteiger partial charge is 0.293 e. The molecule has 2 saturated heterocycles. The molecule has 0 bridgehead atoms. The fraction of sp³-hybridized carbons (Fsp3) is 0.511. The molecule has 2 aliphatic rings. The van der Waals surface area contributed by atoms with Crippen LogP contribution in [0.2, 0.25) is 0 Å². The third kappa shape index (κ3) is 9.68. The molecule has 0 spiro atoms. The van der Waals surface area contributed by atoms with Crippen LogP contribution in [-0.2, 0) is 48.0 Å². The first-order valence-corrected chi connectivity index (χ1v) is 20.4. The Balaban J connectivity index is 1.41. The zero-order valence-corrected chi connectivity index (χ0v) is 34.3. The number of pyridine rings is 1. The van der Waals surface area contributed by atoms with Crippen LogP contribution in [0.3, 0.4) is 0 Å². The quantitative estimate of drug-likeness (QED) is 0.105. The Morgan fingerprint density at radius 1 is 1.11 bits per heavy atom. The molecule has 3 atom stereocenters. The molecule has 0 aliphatic carbocycles. The molecule has 0 radical (unpaired) electrons. The van der Waals surface area contributed by atoms with E-state index in [1.807, 2.05) is 26.0 Å². The summed E-state index contributed by atoms with van der Waals surface area (Å²) in [6, 6.07) is 14.9. The van der Waals surface area contributed by atoms with Crippen LogP contribution in [0.5, 0.6) is 5.75 Å². The largest absolute Gasteiger partial charge is 0.508 e. The number of amides is 2. The topological polar surface area (TPSA) is 144 Å². The summed E-state index contributed by atoms with van der Waals surface area (Å²) >= 11 is 0. The van der Waals surface area contributed by atoms with Gasteiger partial charge in [-0.25, -0.2) is 5.43 Å². The Hall–Kier alpha value is -4.78. The number of rotatable bonds is 16. The molecule has 4 heterocycles. The molecule has 57 heavy (non-hydrogen) atoms. The first kappa shape index (κ1) is 41.8. The Morgan fingerprint density at radius 2 is 1.89 bits per heavy atom. The van der Waals surface area contributed by atoms with Crippen molar-refractivity contribution in [3.8, 4) is 28.1 Å². The predicted molar refractivity (Wildman–Crippen MR) is 220 cm³/mol. The first-order chi connectivity index (χ1) is 27.4. The summed E-state index contributed by atoms with van der Waals surface area (Å²) in [7, 11) is 1.68. The lowest BCUT2D eigenvalue weighted by molar-refractivity contribution is -0.141. The maximum Gasteiger partial charge on any atom is 0.293 e. The number of carbonyl (C=O) groups is 3. The van der Waals surface area contributed by atoms with Gasteiger partial charge in [-0.2, -0.15) is 0 Å². The minimum atomic E-state index is -0.825. The second-order valence-electron chi connectivity index (χ2n) is 16.4. The van der Waals surface area contributed by atoms with Crippen molar-refractivity contribution in [1.29, 1.82) is 0 Å². The number of phenolic OH excluding ortho intramolecular Hbond substituents is 1. The lowest BCUT2D eigenvalue weighted by Gasteiger charge is -2.33. The number of methoxy groups -OCH3 is 1. The lowest BCUT2D eigenvalue weighted by atomic mass is 9.84. The van der Waals surface area contributed by atoms with Gasteiger partial charge in [-0.15, -0.1) is 0 Å². The van der Waals surface area contributed by atoms with Crippen molar-refractivity contribution in [1.82, 2.24) is 25.3 Å². The van der Waals surface area contributed by atoms with Gasteiger partial charge in [0.1, 0.15) is 11.8 Å². The monoisotopic (exact) mass is 781 g/mol. The summed E-state index contributed by atoms with van der Waals surface area (Å²) in [5.41, 5.74) is 10.2. The number of fused-ring (bicyclic) bond motifs is 1. The van der Waals surface area contributed by atoms with Crippen LogP contribution >= 0.6 is 0 Å². The molecule has 3 unspecified atom stereocenters. The number of hydrogen-bond donors (Lipinski definition) is 3. The van der Waals surface area contributed by atoms with E-state index < -0.39 is 11.5 Å².